The average molecular weight is 264 g/mol. The van der Waals surface area contributed by atoms with E-state index in [-0.39, 0.29) is 11.9 Å². The third-order valence-electron chi connectivity index (χ3n) is 5.92. The average Bonchev–Trinajstić information content (AvgIpc) is 2.40. The minimum Gasteiger partial charge on any atom is -0.386 e. The molecule has 0 saturated carbocycles. The van der Waals surface area contributed by atoms with Gasteiger partial charge in [-0.15, -0.1) is 0 Å². The van der Waals surface area contributed by atoms with Crippen molar-refractivity contribution in [2.75, 3.05) is 19.6 Å². The number of aliphatic hydroxyl groups is 1. The molecule has 0 radical (unpaired) electrons. The van der Waals surface area contributed by atoms with Crippen molar-refractivity contribution in [3.8, 4) is 0 Å². The molecule has 0 aromatic carbocycles. The highest BCUT2D eigenvalue weighted by Crippen LogP contribution is 2.45. The summed E-state index contributed by atoms with van der Waals surface area (Å²) in [6.07, 6.45) is 7.40. The highest BCUT2D eigenvalue weighted by atomic mass is 16.3. The van der Waals surface area contributed by atoms with Crippen molar-refractivity contribution in [3.05, 3.63) is 0 Å². The van der Waals surface area contributed by atoms with Gasteiger partial charge < -0.3 is 10.0 Å². The third kappa shape index (κ3) is 1.76. The van der Waals surface area contributed by atoms with Crippen LogP contribution >= 0.6 is 0 Å². The summed E-state index contributed by atoms with van der Waals surface area (Å²) in [6, 6.07) is 0.706. The monoisotopic (exact) mass is 264 g/mol. The van der Waals surface area contributed by atoms with E-state index in [0.717, 1.165) is 38.9 Å². The number of piperidine rings is 4. The Labute approximate surface area is 114 Å². The first-order valence-electron chi connectivity index (χ1n) is 7.93. The number of rotatable bonds is 0. The second-order valence-corrected chi connectivity index (χ2v) is 7.06. The zero-order valence-electron chi connectivity index (χ0n) is 11.6. The van der Waals surface area contributed by atoms with Crippen molar-refractivity contribution in [3.63, 3.8) is 0 Å². The Morgan fingerprint density at radius 2 is 2.11 bits per heavy atom. The van der Waals surface area contributed by atoms with Crippen LogP contribution in [0.2, 0.25) is 0 Å². The molecule has 4 heterocycles. The molecule has 4 saturated heterocycles. The summed E-state index contributed by atoms with van der Waals surface area (Å²) in [5.41, 5.74) is -0.632. The van der Waals surface area contributed by atoms with Crippen LogP contribution in [0.1, 0.15) is 44.9 Å². The van der Waals surface area contributed by atoms with E-state index in [1.807, 2.05) is 4.90 Å². The smallest absolute Gasteiger partial charge is 0.222 e. The van der Waals surface area contributed by atoms with Crippen LogP contribution in [-0.4, -0.2) is 58.1 Å². The first-order valence-corrected chi connectivity index (χ1v) is 7.93. The second kappa shape index (κ2) is 4.19. The normalized spacial score (nSPS) is 46.7. The van der Waals surface area contributed by atoms with Crippen molar-refractivity contribution in [2.45, 2.75) is 62.6 Å². The van der Waals surface area contributed by atoms with E-state index in [9.17, 15) is 9.90 Å². The summed E-state index contributed by atoms with van der Waals surface area (Å²) >= 11 is 0. The number of fused-ring (bicyclic) bond motifs is 6. The SMILES string of the molecule is O=C1CCC[C@H]2N1C[C@@H]1C[C@@]2(O)CN2CCCC[C@@H]12. The van der Waals surface area contributed by atoms with E-state index in [1.165, 1.54) is 19.3 Å². The quantitative estimate of drug-likeness (QED) is 0.709. The highest BCUT2D eigenvalue weighted by molar-refractivity contribution is 5.77. The van der Waals surface area contributed by atoms with E-state index in [0.29, 0.717) is 18.4 Å². The van der Waals surface area contributed by atoms with Crippen LogP contribution < -0.4 is 0 Å². The lowest BCUT2D eigenvalue weighted by atomic mass is 9.68. The van der Waals surface area contributed by atoms with E-state index in [4.69, 9.17) is 0 Å². The van der Waals surface area contributed by atoms with Crippen LogP contribution in [-0.2, 0) is 4.79 Å². The molecule has 0 aromatic heterocycles. The van der Waals surface area contributed by atoms with Gasteiger partial charge in [-0.25, -0.2) is 0 Å². The van der Waals surface area contributed by atoms with Gasteiger partial charge in [-0.05, 0) is 44.6 Å². The van der Waals surface area contributed by atoms with E-state index in [2.05, 4.69) is 4.90 Å². The van der Waals surface area contributed by atoms with Gasteiger partial charge >= 0.3 is 0 Å². The van der Waals surface area contributed by atoms with Gasteiger partial charge in [0, 0.05) is 25.6 Å². The van der Waals surface area contributed by atoms with Crippen LogP contribution in [0.25, 0.3) is 0 Å². The summed E-state index contributed by atoms with van der Waals surface area (Å²) in [6.45, 7) is 2.83. The Balaban J connectivity index is 1.66. The van der Waals surface area contributed by atoms with Crippen molar-refractivity contribution < 1.29 is 9.90 Å². The van der Waals surface area contributed by atoms with Crippen molar-refractivity contribution in [1.82, 2.24) is 9.80 Å². The zero-order chi connectivity index (χ0) is 13.0. The van der Waals surface area contributed by atoms with Gasteiger partial charge in [0.15, 0.2) is 0 Å². The molecule has 4 heteroatoms. The molecule has 1 N–H and O–H groups in total. The maximum Gasteiger partial charge on any atom is 0.222 e. The predicted molar refractivity (Wildman–Crippen MR) is 71.6 cm³/mol. The predicted octanol–water partition coefficient (Wildman–Crippen LogP) is 0.987. The van der Waals surface area contributed by atoms with Crippen LogP contribution in [0.3, 0.4) is 0 Å². The fourth-order valence-corrected chi connectivity index (χ4v) is 5.14. The van der Waals surface area contributed by atoms with Gasteiger partial charge in [-0.1, -0.05) is 6.42 Å². The largest absolute Gasteiger partial charge is 0.386 e. The molecule has 19 heavy (non-hydrogen) atoms. The van der Waals surface area contributed by atoms with Crippen molar-refractivity contribution >= 4 is 5.91 Å². The number of carbonyl (C=O) groups excluding carboxylic acids is 1. The molecule has 0 aromatic rings. The summed E-state index contributed by atoms with van der Waals surface area (Å²) in [5, 5.41) is 11.1. The topological polar surface area (TPSA) is 43.8 Å². The molecule has 0 unspecified atom stereocenters. The van der Waals surface area contributed by atoms with E-state index in [1.54, 1.807) is 0 Å². The van der Waals surface area contributed by atoms with Crippen molar-refractivity contribution in [2.24, 2.45) is 5.92 Å². The first-order chi connectivity index (χ1) is 9.17. The molecule has 4 fully saturated rings. The number of nitrogens with zero attached hydrogens (tertiary/aromatic N) is 2. The maximum atomic E-state index is 12.2. The first kappa shape index (κ1) is 12.2. The summed E-state index contributed by atoms with van der Waals surface area (Å²) in [7, 11) is 0. The third-order valence-corrected chi connectivity index (χ3v) is 5.92. The molecule has 2 bridgehead atoms. The molecule has 4 aliphatic heterocycles. The molecule has 0 spiro atoms. The Hall–Kier alpha value is -0.610. The van der Waals surface area contributed by atoms with Gasteiger partial charge in [-0.3, -0.25) is 9.69 Å². The standard InChI is InChI=1S/C15H24N2O2/c18-14-6-3-5-13-15(19)8-11(9-17(13)14)12-4-1-2-7-16(12)10-15/h11-13,19H,1-10H2/t11-,12-,13+,15+/m0/s1. The molecule has 4 nitrogen and oxygen atoms in total. The fraction of sp³-hybridized carbons (Fsp3) is 0.933. The van der Waals surface area contributed by atoms with Crippen LogP contribution in [0.4, 0.5) is 0 Å². The molecule has 106 valence electrons. The number of carbonyl (C=O) groups is 1. The fourth-order valence-electron chi connectivity index (χ4n) is 5.14. The number of amides is 1. The molecule has 4 rings (SSSR count). The van der Waals surface area contributed by atoms with Gasteiger partial charge in [-0.2, -0.15) is 0 Å². The molecule has 4 aliphatic rings. The van der Waals surface area contributed by atoms with Gasteiger partial charge in [0.1, 0.15) is 0 Å². The molecular weight excluding hydrogens is 240 g/mol. The van der Waals surface area contributed by atoms with Crippen molar-refractivity contribution in [1.29, 1.82) is 0 Å². The molecule has 4 atom stereocenters. The lowest BCUT2D eigenvalue weighted by Gasteiger charge is -2.60. The zero-order valence-corrected chi connectivity index (χ0v) is 11.6. The lowest BCUT2D eigenvalue weighted by Crippen LogP contribution is -2.72. The summed E-state index contributed by atoms with van der Waals surface area (Å²) in [5.74, 6) is 0.779. The number of hydrogen-bond acceptors (Lipinski definition) is 3. The maximum absolute atomic E-state index is 12.2. The Bertz CT molecular complexity index is 400. The summed E-state index contributed by atoms with van der Waals surface area (Å²) < 4.78 is 0. The minimum absolute atomic E-state index is 0.0906. The van der Waals surface area contributed by atoms with Gasteiger partial charge in [0.25, 0.3) is 0 Å². The van der Waals surface area contributed by atoms with Crippen LogP contribution in [0.5, 0.6) is 0 Å². The second-order valence-electron chi connectivity index (χ2n) is 7.06. The number of hydrogen-bond donors (Lipinski definition) is 1. The molecule has 0 aliphatic carbocycles. The van der Waals surface area contributed by atoms with Gasteiger partial charge in [0.2, 0.25) is 5.91 Å². The van der Waals surface area contributed by atoms with E-state index < -0.39 is 5.60 Å². The Morgan fingerprint density at radius 1 is 1.21 bits per heavy atom. The molecular formula is C15H24N2O2. The van der Waals surface area contributed by atoms with Crippen LogP contribution in [0, 0.1) is 5.92 Å². The molecule has 1 amide bonds. The Morgan fingerprint density at radius 3 is 3.00 bits per heavy atom. The van der Waals surface area contributed by atoms with Crippen LogP contribution in [0.15, 0.2) is 0 Å². The Kier molecular flexibility index (Phi) is 2.68. The lowest BCUT2D eigenvalue weighted by molar-refractivity contribution is -0.186. The summed E-state index contributed by atoms with van der Waals surface area (Å²) in [4.78, 5) is 16.7. The highest BCUT2D eigenvalue weighted by Gasteiger charge is 2.55. The van der Waals surface area contributed by atoms with Gasteiger partial charge in [0.05, 0.1) is 11.6 Å². The minimum atomic E-state index is -0.632. The van der Waals surface area contributed by atoms with E-state index >= 15 is 0 Å².